The lowest BCUT2D eigenvalue weighted by molar-refractivity contribution is -0.138. The standard InChI is InChI=1S/C18H14F6N4OS/c1-27(8-7-17(19,20)21)16(29)14-25-15(13-6-3-9-30-13)28(26-14)12-5-2-4-11(10-12)18(22,23)24/h2-6,9-10H,7-8H2,1H3. The molecule has 0 saturated heterocycles. The average molecular weight is 448 g/mol. The Morgan fingerprint density at radius 3 is 2.47 bits per heavy atom. The van der Waals surface area contributed by atoms with Crippen molar-refractivity contribution in [2.24, 2.45) is 0 Å². The molecule has 0 saturated carbocycles. The number of rotatable bonds is 5. The quantitative estimate of drug-likeness (QED) is 0.514. The fourth-order valence-electron chi connectivity index (χ4n) is 2.53. The average Bonchev–Trinajstić information content (AvgIpc) is 3.33. The number of amides is 1. The first-order chi connectivity index (χ1) is 14.0. The van der Waals surface area contributed by atoms with Crippen LogP contribution in [0.25, 0.3) is 16.4 Å². The summed E-state index contributed by atoms with van der Waals surface area (Å²) in [5, 5.41) is 5.70. The summed E-state index contributed by atoms with van der Waals surface area (Å²) in [6.45, 7) is -0.602. The first-order valence-corrected chi connectivity index (χ1v) is 9.34. The SMILES string of the molecule is CN(CCC(F)(F)F)C(=O)c1nc(-c2cccs2)n(-c2cccc(C(F)(F)F)c2)n1. The number of carbonyl (C=O) groups is 1. The molecule has 1 aromatic carbocycles. The molecule has 1 amide bonds. The first-order valence-electron chi connectivity index (χ1n) is 8.46. The molecule has 2 heterocycles. The Morgan fingerprint density at radius 1 is 1.13 bits per heavy atom. The van der Waals surface area contributed by atoms with Gasteiger partial charge in [-0.1, -0.05) is 12.1 Å². The van der Waals surface area contributed by atoms with Crippen LogP contribution in [0, 0.1) is 0 Å². The van der Waals surface area contributed by atoms with Crippen LogP contribution in [0.15, 0.2) is 41.8 Å². The number of halogens is 6. The molecular weight excluding hydrogens is 434 g/mol. The molecule has 2 aromatic heterocycles. The van der Waals surface area contributed by atoms with Gasteiger partial charge in [-0.25, -0.2) is 9.67 Å². The van der Waals surface area contributed by atoms with E-state index in [-0.39, 0.29) is 11.5 Å². The summed E-state index contributed by atoms with van der Waals surface area (Å²) in [4.78, 5) is 17.9. The van der Waals surface area contributed by atoms with Crippen LogP contribution in [0.1, 0.15) is 22.6 Å². The molecule has 0 bridgehead atoms. The van der Waals surface area contributed by atoms with Crippen molar-refractivity contribution in [3.63, 3.8) is 0 Å². The van der Waals surface area contributed by atoms with E-state index in [1.165, 1.54) is 30.5 Å². The number of hydrogen-bond acceptors (Lipinski definition) is 4. The predicted molar refractivity (Wildman–Crippen MR) is 97.3 cm³/mol. The van der Waals surface area contributed by atoms with E-state index in [9.17, 15) is 31.1 Å². The van der Waals surface area contributed by atoms with Gasteiger partial charge in [0.25, 0.3) is 5.91 Å². The molecule has 0 N–H and O–H groups in total. The maximum atomic E-state index is 13.1. The second-order valence-electron chi connectivity index (χ2n) is 6.29. The zero-order chi connectivity index (χ0) is 22.1. The Bertz CT molecular complexity index is 1030. The lowest BCUT2D eigenvalue weighted by atomic mass is 10.2. The monoisotopic (exact) mass is 448 g/mol. The van der Waals surface area contributed by atoms with Crippen LogP contribution in [-0.2, 0) is 6.18 Å². The minimum absolute atomic E-state index is 0.0118. The van der Waals surface area contributed by atoms with Crippen molar-refractivity contribution in [2.45, 2.75) is 18.8 Å². The van der Waals surface area contributed by atoms with E-state index in [2.05, 4.69) is 10.1 Å². The van der Waals surface area contributed by atoms with Gasteiger partial charge in [-0.05, 0) is 29.6 Å². The lowest BCUT2D eigenvalue weighted by Crippen LogP contribution is -2.31. The van der Waals surface area contributed by atoms with Crippen molar-refractivity contribution in [1.82, 2.24) is 19.7 Å². The minimum atomic E-state index is -4.59. The minimum Gasteiger partial charge on any atom is -0.339 e. The topological polar surface area (TPSA) is 51.0 Å². The molecule has 5 nitrogen and oxygen atoms in total. The highest BCUT2D eigenvalue weighted by molar-refractivity contribution is 7.13. The Hall–Kier alpha value is -2.89. The summed E-state index contributed by atoms with van der Waals surface area (Å²) >= 11 is 1.22. The fraction of sp³-hybridized carbons (Fsp3) is 0.278. The van der Waals surface area contributed by atoms with Crippen LogP contribution < -0.4 is 0 Å². The van der Waals surface area contributed by atoms with Crippen molar-refractivity contribution in [3.05, 3.63) is 53.2 Å². The second kappa shape index (κ2) is 8.09. The van der Waals surface area contributed by atoms with E-state index in [1.54, 1.807) is 17.5 Å². The van der Waals surface area contributed by atoms with Crippen molar-refractivity contribution in [3.8, 4) is 16.4 Å². The fourth-order valence-corrected chi connectivity index (χ4v) is 3.23. The van der Waals surface area contributed by atoms with Gasteiger partial charge in [0.2, 0.25) is 5.82 Å². The van der Waals surface area contributed by atoms with Gasteiger partial charge in [0.1, 0.15) is 0 Å². The van der Waals surface area contributed by atoms with Crippen molar-refractivity contribution in [2.75, 3.05) is 13.6 Å². The van der Waals surface area contributed by atoms with Crippen LogP contribution >= 0.6 is 11.3 Å². The molecule has 3 rings (SSSR count). The van der Waals surface area contributed by atoms with Gasteiger partial charge in [0.05, 0.1) is 22.5 Å². The molecule has 160 valence electrons. The van der Waals surface area contributed by atoms with Crippen molar-refractivity contribution < 1.29 is 31.1 Å². The van der Waals surface area contributed by atoms with Crippen LogP contribution in [0.5, 0.6) is 0 Å². The summed E-state index contributed by atoms with van der Waals surface area (Å²) in [6.07, 6.45) is -10.2. The molecule has 0 atom stereocenters. The normalized spacial score (nSPS) is 12.2. The van der Waals surface area contributed by atoms with Gasteiger partial charge in [-0.15, -0.1) is 16.4 Å². The molecule has 0 aliphatic rings. The van der Waals surface area contributed by atoms with E-state index in [4.69, 9.17) is 0 Å². The zero-order valence-electron chi connectivity index (χ0n) is 15.3. The highest BCUT2D eigenvalue weighted by atomic mass is 32.1. The molecule has 0 aliphatic heterocycles. The first kappa shape index (κ1) is 21.8. The largest absolute Gasteiger partial charge is 0.416 e. The Kier molecular flexibility index (Phi) is 5.88. The Balaban J connectivity index is 2.00. The number of carbonyl (C=O) groups excluding carboxylic acids is 1. The lowest BCUT2D eigenvalue weighted by Gasteiger charge is -2.16. The summed E-state index contributed by atoms with van der Waals surface area (Å²) < 4.78 is 77.6. The van der Waals surface area contributed by atoms with Crippen molar-refractivity contribution >= 4 is 17.2 Å². The number of thiophene rings is 1. The van der Waals surface area contributed by atoms with E-state index in [1.807, 2.05) is 0 Å². The number of aromatic nitrogens is 3. The number of hydrogen-bond donors (Lipinski definition) is 0. The number of benzene rings is 1. The number of alkyl halides is 6. The zero-order valence-corrected chi connectivity index (χ0v) is 16.1. The van der Waals surface area contributed by atoms with Gasteiger partial charge in [0.15, 0.2) is 5.82 Å². The van der Waals surface area contributed by atoms with Crippen LogP contribution in [-0.4, -0.2) is 45.3 Å². The molecule has 0 spiro atoms. The Morgan fingerprint density at radius 2 is 1.87 bits per heavy atom. The highest BCUT2D eigenvalue weighted by Gasteiger charge is 2.32. The maximum absolute atomic E-state index is 13.1. The molecule has 0 fully saturated rings. The van der Waals surface area contributed by atoms with Gasteiger partial charge in [-0.2, -0.15) is 26.3 Å². The molecule has 12 heteroatoms. The third-order valence-electron chi connectivity index (χ3n) is 4.04. The van der Waals surface area contributed by atoms with Crippen molar-refractivity contribution in [1.29, 1.82) is 0 Å². The Labute approximate surface area is 170 Å². The summed E-state index contributed by atoms with van der Waals surface area (Å²) in [6, 6.07) is 7.62. The summed E-state index contributed by atoms with van der Waals surface area (Å²) in [5.74, 6) is -1.18. The van der Waals surface area contributed by atoms with Gasteiger partial charge in [0, 0.05) is 13.6 Å². The van der Waals surface area contributed by atoms with Gasteiger partial charge < -0.3 is 4.90 Å². The van der Waals surface area contributed by atoms with E-state index < -0.39 is 42.6 Å². The van der Waals surface area contributed by atoms with Crippen LogP contribution in [0.3, 0.4) is 0 Å². The number of nitrogens with zero attached hydrogens (tertiary/aromatic N) is 4. The van der Waals surface area contributed by atoms with E-state index in [0.29, 0.717) is 4.88 Å². The molecular formula is C18H14F6N4OS. The van der Waals surface area contributed by atoms with E-state index in [0.717, 1.165) is 21.7 Å². The van der Waals surface area contributed by atoms with Crippen LogP contribution in [0.2, 0.25) is 0 Å². The highest BCUT2D eigenvalue weighted by Crippen LogP contribution is 2.32. The maximum Gasteiger partial charge on any atom is 0.416 e. The van der Waals surface area contributed by atoms with Gasteiger partial charge in [-0.3, -0.25) is 4.79 Å². The molecule has 0 aliphatic carbocycles. The third-order valence-corrected chi connectivity index (χ3v) is 4.90. The second-order valence-corrected chi connectivity index (χ2v) is 7.24. The molecule has 3 aromatic rings. The van der Waals surface area contributed by atoms with E-state index >= 15 is 0 Å². The molecule has 0 unspecified atom stereocenters. The predicted octanol–water partition coefficient (Wildman–Crippen LogP) is 5.04. The summed E-state index contributed by atoms with van der Waals surface area (Å²) in [7, 11) is 1.17. The smallest absolute Gasteiger partial charge is 0.339 e. The van der Waals surface area contributed by atoms with Crippen LogP contribution in [0.4, 0.5) is 26.3 Å². The molecule has 0 radical (unpaired) electrons. The van der Waals surface area contributed by atoms with Gasteiger partial charge >= 0.3 is 12.4 Å². The molecule has 30 heavy (non-hydrogen) atoms. The summed E-state index contributed by atoms with van der Waals surface area (Å²) in [5.41, 5.74) is -0.902. The third kappa shape index (κ3) is 4.99.